The maximum atomic E-state index is 12.1. The maximum Gasteiger partial charge on any atom is 0.326 e. The summed E-state index contributed by atoms with van der Waals surface area (Å²) < 4.78 is 10.5. The molecule has 0 rings (SSSR count). The molecule has 5 nitrogen and oxygen atoms in total. The van der Waals surface area contributed by atoms with Gasteiger partial charge in [0.05, 0.1) is 6.61 Å². The van der Waals surface area contributed by atoms with Crippen molar-refractivity contribution in [3.63, 3.8) is 0 Å². The van der Waals surface area contributed by atoms with Gasteiger partial charge in [0.1, 0.15) is 12.6 Å². The SMILES string of the molecule is CCCCC/C=C\C/C=C\CCCCCCCCOC(=O)[C@@H](N)COC(=O)CCCCCCC/C=C\C/C=C\CCCCC. The first kappa shape index (κ1) is 41.9. The summed E-state index contributed by atoms with van der Waals surface area (Å²) in [5.74, 6) is -0.776. The van der Waals surface area contributed by atoms with Gasteiger partial charge in [-0.1, -0.05) is 133 Å². The van der Waals surface area contributed by atoms with E-state index in [1.54, 1.807) is 0 Å². The van der Waals surface area contributed by atoms with Crippen LogP contribution in [0.2, 0.25) is 0 Å². The van der Waals surface area contributed by atoms with Gasteiger partial charge in [-0.3, -0.25) is 9.59 Å². The number of ether oxygens (including phenoxy) is 2. The predicted molar refractivity (Wildman–Crippen MR) is 189 cm³/mol. The fraction of sp³-hybridized carbons (Fsp3) is 0.744. The predicted octanol–water partition coefficient (Wildman–Crippen LogP) is 11.0. The Bertz CT molecular complexity index is 755. The first-order valence-electron chi connectivity index (χ1n) is 18.3. The van der Waals surface area contributed by atoms with Gasteiger partial charge >= 0.3 is 11.9 Å². The third-order valence-electron chi connectivity index (χ3n) is 7.65. The van der Waals surface area contributed by atoms with E-state index >= 15 is 0 Å². The largest absolute Gasteiger partial charge is 0.464 e. The second-order valence-corrected chi connectivity index (χ2v) is 12.0. The molecule has 0 aliphatic rings. The maximum absolute atomic E-state index is 12.1. The van der Waals surface area contributed by atoms with Gasteiger partial charge in [0.25, 0.3) is 0 Å². The lowest BCUT2D eigenvalue weighted by Gasteiger charge is -2.12. The summed E-state index contributed by atoms with van der Waals surface area (Å²) in [6.07, 6.45) is 45.3. The van der Waals surface area contributed by atoms with Crippen LogP contribution in [0.4, 0.5) is 0 Å². The number of carbonyl (C=O) groups excluding carboxylic acids is 2. The van der Waals surface area contributed by atoms with Crippen LogP contribution in [0.3, 0.4) is 0 Å². The molecule has 2 N–H and O–H groups in total. The second kappa shape index (κ2) is 35.3. The molecule has 0 aliphatic carbocycles. The fourth-order valence-electron chi connectivity index (χ4n) is 4.77. The first-order chi connectivity index (χ1) is 21.6. The Labute approximate surface area is 272 Å². The van der Waals surface area contributed by atoms with Crippen LogP contribution in [0.5, 0.6) is 0 Å². The molecule has 0 radical (unpaired) electrons. The smallest absolute Gasteiger partial charge is 0.326 e. The van der Waals surface area contributed by atoms with Crippen molar-refractivity contribution in [2.24, 2.45) is 5.73 Å². The molecular weight excluding hydrogens is 546 g/mol. The number of carbonyl (C=O) groups is 2. The molecule has 0 fully saturated rings. The molecule has 0 aliphatic heterocycles. The molecule has 0 saturated carbocycles. The molecule has 1 atom stereocenters. The summed E-state index contributed by atoms with van der Waals surface area (Å²) >= 11 is 0. The van der Waals surface area contributed by atoms with Crippen LogP contribution in [-0.2, 0) is 19.1 Å². The molecule has 0 bridgehead atoms. The highest BCUT2D eigenvalue weighted by atomic mass is 16.5. The van der Waals surface area contributed by atoms with Crippen molar-refractivity contribution < 1.29 is 19.1 Å². The van der Waals surface area contributed by atoms with Crippen LogP contribution in [0.15, 0.2) is 48.6 Å². The average Bonchev–Trinajstić information content (AvgIpc) is 3.03. The Balaban J connectivity index is 3.51. The first-order valence-corrected chi connectivity index (χ1v) is 18.3. The molecule has 44 heavy (non-hydrogen) atoms. The normalized spacial score (nSPS) is 12.7. The zero-order valence-electron chi connectivity index (χ0n) is 28.8. The Kier molecular flexibility index (Phi) is 33.6. The topological polar surface area (TPSA) is 78.6 Å². The summed E-state index contributed by atoms with van der Waals surface area (Å²) in [6, 6.07) is -0.909. The van der Waals surface area contributed by atoms with Gasteiger partial charge in [0.2, 0.25) is 0 Å². The second-order valence-electron chi connectivity index (χ2n) is 12.0. The Morgan fingerprint density at radius 1 is 0.523 bits per heavy atom. The number of hydrogen-bond donors (Lipinski definition) is 1. The minimum Gasteiger partial charge on any atom is -0.464 e. The minimum atomic E-state index is -0.909. The van der Waals surface area contributed by atoms with Crippen LogP contribution in [-0.4, -0.2) is 31.2 Å². The molecular formula is C39H69NO4. The standard InChI is InChI=1S/C39H69NO4/c1-3-5-7-9-11-13-15-17-19-21-23-25-27-29-31-33-35-43-39(42)37(40)36-44-38(41)34-32-30-28-26-24-22-20-18-16-14-12-10-8-6-4-2/h11-14,17-20,37H,3-10,15-16,21-36,40H2,1-2H3/b13-11-,14-12-,19-17-,20-18-/t37-/m0/s1. The van der Waals surface area contributed by atoms with Crippen molar-refractivity contribution in [2.75, 3.05) is 13.2 Å². The zero-order valence-corrected chi connectivity index (χ0v) is 28.8. The summed E-state index contributed by atoms with van der Waals surface area (Å²) in [4.78, 5) is 24.0. The Morgan fingerprint density at radius 3 is 1.41 bits per heavy atom. The van der Waals surface area contributed by atoms with Gasteiger partial charge < -0.3 is 15.2 Å². The molecule has 0 saturated heterocycles. The monoisotopic (exact) mass is 616 g/mol. The van der Waals surface area contributed by atoms with E-state index in [9.17, 15) is 9.59 Å². The van der Waals surface area contributed by atoms with Crippen molar-refractivity contribution in [1.82, 2.24) is 0 Å². The van der Waals surface area contributed by atoms with Crippen molar-refractivity contribution in [1.29, 1.82) is 0 Å². The molecule has 0 amide bonds. The van der Waals surface area contributed by atoms with E-state index in [1.807, 2.05) is 0 Å². The molecule has 0 aromatic rings. The number of esters is 2. The van der Waals surface area contributed by atoms with Crippen LogP contribution in [0.25, 0.3) is 0 Å². The van der Waals surface area contributed by atoms with Gasteiger partial charge in [0.15, 0.2) is 0 Å². The van der Waals surface area contributed by atoms with Gasteiger partial charge in [0, 0.05) is 6.42 Å². The molecule has 254 valence electrons. The van der Waals surface area contributed by atoms with E-state index in [0.717, 1.165) is 64.2 Å². The Hall–Kier alpha value is -2.14. The summed E-state index contributed by atoms with van der Waals surface area (Å²) in [5, 5.41) is 0. The lowest BCUT2D eigenvalue weighted by atomic mass is 10.1. The van der Waals surface area contributed by atoms with Gasteiger partial charge in [-0.15, -0.1) is 0 Å². The highest BCUT2D eigenvalue weighted by Gasteiger charge is 2.17. The molecule has 0 spiro atoms. The van der Waals surface area contributed by atoms with E-state index < -0.39 is 12.0 Å². The number of unbranched alkanes of at least 4 members (excludes halogenated alkanes) is 17. The lowest BCUT2D eigenvalue weighted by Crippen LogP contribution is -2.37. The van der Waals surface area contributed by atoms with Gasteiger partial charge in [-0.2, -0.15) is 0 Å². The van der Waals surface area contributed by atoms with Crippen molar-refractivity contribution in [3.8, 4) is 0 Å². The third-order valence-corrected chi connectivity index (χ3v) is 7.65. The van der Waals surface area contributed by atoms with E-state index in [-0.39, 0.29) is 12.6 Å². The third kappa shape index (κ3) is 32.8. The van der Waals surface area contributed by atoms with E-state index in [0.29, 0.717) is 13.0 Å². The van der Waals surface area contributed by atoms with Crippen molar-refractivity contribution >= 4 is 11.9 Å². The fourth-order valence-corrected chi connectivity index (χ4v) is 4.77. The van der Waals surface area contributed by atoms with Gasteiger partial charge in [-0.05, 0) is 77.0 Å². The average molecular weight is 616 g/mol. The molecule has 0 heterocycles. The van der Waals surface area contributed by atoms with Crippen molar-refractivity contribution in [2.45, 2.75) is 174 Å². The summed E-state index contributed by atoms with van der Waals surface area (Å²) in [5.41, 5.74) is 5.85. The number of nitrogens with two attached hydrogens (primary N) is 1. The van der Waals surface area contributed by atoms with E-state index in [4.69, 9.17) is 15.2 Å². The Morgan fingerprint density at radius 2 is 0.932 bits per heavy atom. The molecule has 0 unspecified atom stereocenters. The van der Waals surface area contributed by atoms with E-state index in [1.165, 1.54) is 83.5 Å². The van der Waals surface area contributed by atoms with Crippen molar-refractivity contribution in [3.05, 3.63) is 48.6 Å². The number of hydrogen-bond acceptors (Lipinski definition) is 5. The van der Waals surface area contributed by atoms with Crippen LogP contribution >= 0.6 is 0 Å². The highest BCUT2D eigenvalue weighted by molar-refractivity contribution is 5.76. The van der Waals surface area contributed by atoms with Crippen LogP contribution in [0, 0.1) is 0 Å². The quantitative estimate of drug-likeness (QED) is 0.0463. The lowest BCUT2D eigenvalue weighted by molar-refractivity contribution is -0.151. The number of allylic oxidation sites excluding steroid dienone is 8. The summed E-state index contributed by atoms with van der Waals surface area (Å²) in [7, 11) is 0. The highest BCUT2D eigenvalue weighted by Crippen LogP contribution is 2.10. The molecule has 0 aromatic heterocycles. The van der Waals surface area contributed by atoms with Gasteiger partial charge in [-0.25, -0.2) is 0 Å². The zero-order chi connectivity index (χ0) is 32.2. The molecule has 5 heteroatoms. The summed E-state index contributed by atoms with van der Waals surface area (Å²) in [6.45, 7) is 4.74. The number of rotatable bonds is 32. The van der Waals surface area contributed by atoms with Crippen LogP contribution < -0.4 is 5.73 Å². The van der Waals surface area contributed by atoms with Crippen LogP contribution in [0.1, 0.15) is 168 Å². The molecule has 0 aromatic carbocycles. The van der Waals surface area contributed by atoms with E-state index in [2.05, 4.69) is 62.5 Å². The minimum absolute atomic E-state index is 0.110.